The molecule has 0 heterocycles. The van der Waals surface area contributed by atoms with Crippen molar-refractivity contribution in [3.8, 4) is 22.3 Å². The Morgan fingerprint density at radius 3 is 1.89 bits per heavy atom. The summed E-state index contributed by atoms with van der Waals surface area (Å²) in [5, 5.41) is 2.68. The highest BCUT2D eigenvalue weighted by atomic mass is 15.1. The fourth-order valence-electron chi connectivity index (χ4n) is 12.7. The normalized spacial score (nSPS) is 22.8. The minimum absolute atomic E-state index is 0.149. The van der Waals surface area contributed by atoms with Gasteiger partial charge in [-0.3, -0.25) is 0 Å². The molecule has 4 saturated carbocycles. The summed E-state index contributed by atoms with van der Waals surface area (Å²) < 4.78 is 0. The van der Waals surface area contributed by atoms with Crippen molar-refractivity contribution in [2.45, 2.75) is 127 Å². The summed E-state index contributed by atoms with van der Waals surface area (Å²) in [6.45, 7) is 4.92. The minimum Gasteiger partial charge on any atom is -0.310 e. The van der Waals surface area contributed by atoms with Gasteiger partial charge in [-0.15, -0.1) is 0 Å². The molecule has 0 saturated heterocycles. The van der Waals surface area contributed by atoms with E-state index in [9.17, 15) is 0 Å². The number of fused-ring (bicyclic) bond motifs is 6. The molecule has 2 bridgehead atoms. The Kier molecular flexibility index (Phi) is 8.94. The van der Waals surface area contributed by atoms with Crippen LogP contribution in [0.2, 0.25) is 0 Å². The second-order valence-electron chi connectivity index (χ2n) is 19.3. The second-order valence-corrected chi connectivity index (χ2v) is 19.3. The average molecular weight is 746 g/mol. The van der Waals surface area contributed by atoms with Gasteiger partial charge in [-0.25, -0.2) is 0 Å². The second kappa shape index (κ2) is 14.3. The monoisotopic (exact) mass is 745 g/mol. The SMILES string of the molecule is CC1(C)c2cc(N(c3ccc(C4CC5CCC4C5)cc3)c3cccc4cc(C5CCCCC5)ccc34)ccc2-c2cccc(-c3ccc(C4CCCCC4)cc3)c21. The molecule has 4 fully saturated rings. The summed E-state index contributed by atoms with van der Waals surface area (Å²) in [5.41, 5.74) is 16.6. The van der Waals surface area contributed by atoms with Crippen molar-refractivity contribution in [2.24, 2.45) is 11.8 Å². The molecule has 0 amide bonds. The van der Waals surface area contributed by atoms with E-state index in [-0.39, 0.29) is 5.41 Å². The van der Waals surface area contributed by atoms with Gasteiger partial charge in [0.15, 0.2) is 0 Å². The molecule has 57 heavy (non-hydrogen) atoms. The predicted octanol–water partition coefficient (Wildman–Crippen LogP) is 16.3. The van der Waals surface area contributed by atoms with Gasteiger partial charge in [0.05, 0.1) is 5.69 Å². The van der Waals surface area contributed by atoms with Crippen molar-refractivity contribution < 1.29 is 0 Å². The van der Waals surface area contributed by atoms with Crippen LogP contribution in [0, 0.1) is 11.8 Å². The summed E-state index contributed by atoms with van der Waals surface area (Å²) in [4.78, 5) is 2.57. The first-order chi connectivity index (χ1) is 28.0. The van der Waals surface area contributed by atoms with Crippen LogP contribution in [0.3, 0.4) is 0 Å². The van der Waals surface area contributed by atoms with E-state index >= 15 is 0 Å². The van der Waals surface area contributed by atoms with Crippen molar-refractivity contribution in [1.29, 1.82) is 0 Å². The molecule has 5 aliphatic rings. The first kappa shape index (κ1) is 35.5. The zero-order valence-corrected chi connectivity index (χ0v) is 34.3. The van der Waals surface area contributed by atoms with Crippen LogP contribution in [-0.2, 0) is 5.41 Å². The molecule has 6 aromatic carbocycles. The summed E-state index contributed by atoms with van der Waals surface area (Å²) in [5.74, 6) is 3.99. The maximum absolute atomic E-state index is 2.57. The maximum atomic E-state index is 2.57. The van der Waals surface area contributed by atoms with E-state index in [0.29, 0.717) is 5.92 Å². The summed E-state index contributed by atoms with van der Waals surface area (Å²) in [6, 6.07) is 48.2. The van der Waals surface area contributed by atoms with Crippen molar-refractivity contribution in [2.75, 3.05) is 4.90 Å². The van der Waals surface area contributed by atoms with E-state index in [2.05, 4.69) is 140 Å². The molecule has 288 valence electrons. The number of benzene rings is 6. The lowest BCUT2D eigenvalue weighted by Crippen LogP contribution is -2.18. The zero-order valence-electron chi connectivity index (χ0n) is 34.3. The van der Waals surface area contributed by atoms with Crippen LogP contribution < -0.4 is 4.90 Å². The molecule has 0 N–H and O–H groups in total. The van der Waals surface area contributed by atoms with Gasteiger partial charge in [-0.05, 0) is 160 Å². The van der Waals surface area contributed by atoms with E-state index < -0.39 is 0 Å². The van der Waals surface area contributed by atoms with Crippen molar-refractivity contribution in [3.05, 3.63) is 149 Å². The highest BCUT2D eigenvalue weighted by Gasteiger charge is 2.41. The molecule has 3 unspecified atom stereocenters. The van der Waals surface area contributed by atoms with Gasteiger partial charge >= 0.3 is 0 Å². The summed E-state index contributed by atoms with van der Waals surface area (Å²) in [7, 11) is 0. The molecular formula is C56H59N. The maximum Gasteiger partial charge on any atom is 0.0540 e. The van der Waals surface area contributed by atoms with Crippen molar-refractivity contribution in [3.63, 3.8) is 0 Å². The summed E-state index contributed by atoms with van der Waals surface area (Å²) in [6.07, 6.45) is 19.3. The lowest BCUT2D eigenvalue weighted by molar-refractivity contribution is 0.420. The quantitative estimate of drug-likeness (QED) is 0.157. The Labute approximate surface area is 341 Å². The highest BCUT2D eigenvalue weighted by Crippen LogP contribution is 2.55. The standard InChI is InChI=1S/C56H59N/c1-56(2)53-36-47(30-32-50(53)51-17-10-16-49(55(51)56)41-23-21-40(22-24-41)38-11-5-3-6-12-38)57(46-28-25-42(26-29-46)52-34-37-19-20-45(52)33-37)54-18-9-15-44-35-43(27-31-48(44)54)39-13-7-4-8-14-39/h9-10,15-18,21-32,35-39,45,52H,3-8,11-14,19-20,33-34H2,1-2H3. The fourth-order valence-corrected chi connectivity index (χ4v) is 12.7. The third kappa shape index (κ3) is 6.18. The Bertz CT molecular complexity index is 2420. The topological polar surface area (TPSA) is 3.24 Å². The van der Waals surface area contributed by atoms with Crippen LogP contribution in [-0.4, -0.2) is 0 Å². The van der Waals surface area contributed by atoms with E-state index in [0.717, 1.165) is 23.7 Å². The number of hydrogen-bond acceptors (Lipinski definition) is 1. The number of anilines is 3. The molecule has 0 spiro atoms. The molecule has 11 rings (SSSR count). The van der Waals surface area contributed by atoms with Crippen LogP contribution >= 0.6 is 0 Å². The van der Waals surface area contributed by atoms with Crippen LogP contribution in [0.15, 0.2) is 121 Å². The molecule has 0 aromatic heterocycles. The van der Waals surface area contributed by atoms with E-state index in [1.807, 2.05) is 0 Å². The summed E-state index contributed by atoms with van der Waals surface area (Å²) >= 11 is 0. The molecule has 6 aromatic rings. The highest BCUT2D eigenvalue weighted by molar-refractivity contribution is 6.00. The van der Waals surface area contributed by atoms with Gasteiger partial charge in [0.25, 0.3) is 0 Å². The Morgan fingerprint density at radius 1 is 0.509 bits per heavy atom. The smallest absolute Gasteiger partial charge is 0.0540 e. The van der Waals surface area contributed by atoms with Gasteiger partial charge in [-0.2, -0.15) is 0 Å². The van der Waals surface area contributed by atoms with E-state index in [4.69, 9.17) is 0 Å². The first-order valence-corrected chi connectivity index (χ1v) is 22.8. The van der Waals surface area contributed by atoms with Crippen molar-refractivity contribution >= 4 is 27.8 Å². The van der Waals surface area contributed by atoms with Crippen LogP contribution in [0.4, 0.5) is 17.1 Å². The van der Waals surface area contributed by atoms with Crippen LogP contribution in [0.25, 0.3) is 33.0 Å². The minimum atomic E-state index is -0.149. The molecule has 0 radical (unpaired) electrons. The lowest BCUT2D eigenvalue weighted by atomic mass is 9.78. The van der Waals surface area contributed by atoms with Crippen molar-refractivity contribution in [1.82, 2.24) is 0 Å². The number of hydrogen-bond donors (Lipinski definition) is 0. The Morgan fingerprint density at radius 2 is 1.18 bits per heavy atom. The largest absolute Gasteiger partial charge is 0.310 e. The number of rotatable bonds is 7. The van der Waals surface area contributed by atoms with E-state index in [1.165, 1.54) is 162 Å². The van der Waals surface area contributed by atoms with E-state index in [1.54, 1.807) is 5.56 Å². The van der Waals surface area contributed by atoms with Gasteiger partial charge in [0, 0.05) is 22.2 Å². The molecule has 1 nitrogen and oxygen atoms in total. The lowest BCUT2D eigenvalue weighted by Gasteiger charge is -2.30. The van der Waals surface area contributed by atoms with Gasteiger partial charge < -0.3 is 4.90 Å². The predicted molar refractivity (Wildman–Crippen MR) is 241 cm³/mol. The Balaban J connectivity index is 0.994. The fraction of sp³-hybridized carbons (Fsp3) is 0.393. The van der Waals surface area contributed by atoms with Crippen LogP contribution in [0.5, 0.6) is 0 Å². The van der Waals surface area contributed by atoms with Gasteiger partial charge in [-0.1, -0.05) is 150 Å². The molecule has 1 heteroatoms. The molecule has 3 atom stereocenters. The van der Waals surface area contributed by atoms with Crippen LogP contribution in [0.1, 0.15) is 149 Å². The third-order valence-electron chi connectivity index (χ3n) is 15.7. The third-order valence-corrected chi connectivity index (χ3v) is 15.7. The molecule has 5 aliphatic carbocycles. The molecule has 0 aliphatic heterocycles. The average Bonchev–Trinajstić information content (AvgIpc) is 3.97. The first-order valence-electron chi connectivity index (χ1n) is 22.8. The van der Waals surface area contributed by atoms with Gasteiger partial charge in [0.1, 0.15) is 0 Å². The Hall–Kier alpha value is -4.62. The zero-order chi connectivity index (χ0) is 38.1. The van der Waals surface area contributed by atoms with Gasteiger partial charge in [0.2, 0.25) is 0 Å². The number of nitrogens with zero attached hydrogens (tertiary/aromatic N) is 1. The molecular weight excluding hydrogens is 687 g/mol.